The van der Waals surface area contributed by atoms with E-state index < -0.39 is 0 Å². The van der Waals surface area contributed by atoms with Crippen molar-refractivity contribution in [3.63, 3.8) is 0 Å². The van der Waals surface area contributed by atoms with E-state index in [0.29, 0.717) is 5.41 Å². The Labute approximate surface area is 167 Å². The van der Waals surface area contributed by atoms with Crippen LogP contribution in [0.3, 0.4) is 0 Å². The van der Waals surface area contributed by atoms with Gasteiger partial charge in [-0.05, 0) is 80.6 Å². The summed E-state index contributed by atoms with van der Waals surface area (Å²) in [5.74, 6) is 2.27. The first-order valence-corrected chi connectivity index (χ1v) is 10.9. The van der Waals surface area contributed by atoms with E-state index in [1.165, 1.54) is 37.8 Å². The smallest absolute Gasteiger partial charge is 0.0992 e. The second-order valence-electron chi connectivity index (χ2n) is 10.1. The van der Waals surface area contributed by atoms with Crippen molar-refractivity contribution < 1.29 is 0 Å². The molecule has 0 N–H and O–H groups in total. The Morgan fingerprint density at radius 1 is 1.14 bits per heavy atom. The van der Waals surface area contributed by atoms with Gasteiger partial charge in [0, 0.05) is 28.3 Å². The third-order valence-electron chi connectivity index (χ3n) is 8.82. The number of aromatic nitrogens is 2. The molecule has 0 spiro atoms. The van der Waals surface area contributed by atoms with Gasteiger partial charge in [-0.3, -0.25) is 0 Å². The largest absolute Gasteiger partial charge is 0.310 e. The predicted octanol–water partition coefficient (Wildman–Crippen LogP) is 6.28. The minimum absolute atomic E-state index is 0.166. The molecule has 0 radical (unpaired) electrons. The highest BCUT2D eigenvalue weighted by molar-refractivity contribution is 5.57. The lowest BCUT2D eigenvalue weighted by Crippen LogP contribution is -2.49. The summed E-state index contributed by atoms with van der Waals surface area (Å²) in [6.07, 6.45) is 17.4. The maximum atomic E-state index is 8.84. The summed E-state index contributed by atoms with van der Waals surface area (Å²) in [6.45, 7) is 7.08. The molecular weight excluding hydrogens is 346 g/mol. The number of hydrogen-bond acceptors (Lipinski definition) is 2. The molecule has 5 rings (SSSR count). The lowest BCUT2D eigenvalue weighted by molar-refractivity contribution is -0.0127. The number of azide groups is 1. The zero-order valence-corrected chi connectivity index (χ0v) is 17.3. The summed E-state index contributed by atoms with van der Waals surface area (Å²) >= 11 is 0. The standard InChI is InChI=1S/C23H31N5/c1-15-13-28(14-25-15)21-7-6-19-18-5-4-16-12-17(26-27-24)8-10-22(16,2)20(18)9-11-23(19,21)3/h4,7,13-14,17-20H,5-6,8-12H2,1-3H3/t17-,18?,19?,20?,22+,23+/m1/s1. The molecule has 0 aromatic carbocycles. The molecule has 2 fully saturated rings. The normalized spacial score (nSPS) is 41.8. The number of aryl methyl sites for hydroxylation is 1. The third-order valence-corrected chi connectivity index (χ3v) is 8.82. The molecule has 1 heterocycles. The Balaban J connectivity index is 1.44. The number of allylic oxidation sites excluding steroid dienone is 3. The fourth-order valence-electron chi connectivity index (χ4n) is 7.31. The topological polar surface area (TPSA) is 66.6 Å². The fraction of sp³-hybridized carbons (Fsp3) is 0.696. The van der Waals surface area contributed by atoms with Gasteiger partial charge in [0.05, 0.1) is 12.0 Å². The van der Waals surface area contributed by atoms with Gasteiger partial charge in [-0.1, -0.05) is 36.7 Å². The van der Waals surface area contributed by atoms with E-state index in [0.717, 1.165) is 36.3 Å². The van der Waals surface area contributed by atoms with Crippen LogP contribution in [-0.4, -0.2) is 15.6 Å². The molecule has 1 aromatic heterocycles. The van der Waals surface area contributed by atoms with E-state index in [9.17, 15) is 0 Å². The first-order chi connectivity index (χ1) is 13.5. The van der Waals surface area contributed by atoms with Crippen LogP contribution in [0.15, 0.2) is 35.4 Å². The van der Waals surface area contributed by atoms with Gasteiger partial charge in [-0.2, -0.15) is 0 Å². The van der Waals surface area contributed by atoms with E-state index in [-0.39, 0.29) is 11.5 Å². The zero-order valence-electron chi connectivity index (χ0n) is 17.3. The molecule has 0 bridgehead atoms. The van der Waals surface area contributed by atoms with E-state index in [2.05, 4.69) is 58.7 Å². The van der Waals surface area contributed by atoms with Crippen molar-refractivity contribution >= 4 is 5.70 Å². The quantitative estimate of drug-likeness (QED) is 0.259. The zero-order chi connectivity index (χ0) is 19.5. The van der Waals surface area contributed by atoms with Crippen LogP contribution in [0.25, 0.3) is 16.1 Å². The van der Waals surface area contributed by atoms with Crippen molar-refractivity contribution in [3.05, 3.63) is 46.4 Å². The number of hydrogen-bond donors (Lipinski definition) is 0. The summed E-state index contributed by atoms with van der Waals surface area (Å²) in [6, 6.07) is 0.166. The molecule has 0 amide bonds. The van der Waals surface area contributed by atoms with Crippen molar-refractivity contribution in [2.24, 2.45) is 33.7 Å². The molecule has 28 heavy (non-hydrogen) atoms. The summed E-state index contributed by atoms with van der Waals surface area (Å²) in [4.78, 5) is 7.55. The van der Waals surface area contributed by atoms with Crippen molar-refractivity contribution in [2.75, 3.05) is 0 Å². The predicted molar refractivity (Wildman–Crippen MR) is 111 cm³/mol. The molecule has 148 valence electrons. The van der Waals surface area contributed by atoms with E-state index in [1.54, 1.807) is 5.57 Å². The summed E-state index contributed by atoms with van der Waals surface area (Å²) < 4.78 is 2.28. The molecule has 3 unspecified atom stereocenters. The minimum Gasteiger partial charge on any atom is -0.310 e. The molecule has 4 aliphatic carbocycles. The number of rotatable bonds is 2. The van der Waals surface area contributed by atoms with Gasteiger partial charge >= 0.3 is 0 Å². The molecule has 2 saturated carbocycles. The summed E-state index contributed by atoms with van der Waals surface area (Å²) in [5.41, 5.74) is 13.6. The molecule has 5 nitrogen and oxygen atoms in total. The van der Waals surface area contributed by atoms with Crippen LogP contribution in [-0.2, 0) is 0 Å². The summed E-state index contributed by atoms with van der Waals surface area (Å²) in [7, 11) is 0. The van der Waals surface area contributed by atoms with Gasteiger partial charge in [0.15, 0.2) is 0 Å². The van der Waals surface area contributed by atoms with Gasteiger partial charge in [0.2, 0.25) is 0 Å². The van der Waals surface area contributed by atoms with Crippen LogP contribution in [0.1, 0.15) is 64.5 Å². The Hall–Kier alpha value is -2.00. The monoisotopic (exact) mass is 377 g/mol. The van der Waals surface area contributed by atoms with Crippen molar-refractivity contribution in [1.29, 1.82) is 0 Å². The van der Waals surface area contributed by atoms with Gasteiger partial charge < -0.3 is 4.57 Å². The number of imidazole rings is 1. The van der Waals surface area contributed by atoms with E-state index in [1.807, 2.05) is 6.33 Å². The van der Waals surface area contributed by atoms with Gasteiger partial charge in [0.25, 0.3) is 0 Å². The highest BCUT2D eigenvalue weighted by Crippen LogP contribution is 2.65. The molecule has 0 aliphatic heterocycles. The van der Waals surface area contributed by atoms with Crippen LogP contribution in [0.4, 0.5) is 0 Å². The second kappa shape index (κ2) is 6.25. The lowest BCUT2D eigenvalue weighted by atomic mass is 9.47. The van der Waals surface area contributed by atoms with Gasteiger partial charge in [-0.25, -0.2) is 4.98 Å². The van der Waals surface area contributed by atoms with Crippen LogP contribution < -0.4 is 0 Å². The highest BCUT2D eigenvalue weighted by atomic mass is 15.1. The minimum atomic E-state index is 0.166. The van der Waals surface area contributed by atoms with Crippen molar-refractivity contribution in [2.45, 2.75) is 71.8 Å². The molecule has 1 aromatic rings. The van der Waals surface area contributed by atoms with Gasteiger partial charge in [0.1, 0.15) is 0 Å². The number of nitrogens with zero attached hydrogens (tertiary/aromatic N) is 5. The summed E-state index contributed by atoms with van der Waals surface area (Å²) in [5, 5.41) is 4.04. The Kier molecular flexibility index (Phi) is 4.03. The van der Waals surface area contributed by atoms with Crippen molar-refractivity contribution in [1.82, 2.24) is 9.55 Å². The molecule has 6 atom stereocenters. The molecular formula is C23H31N5. The third kappa shape index (κ3) is 2.45. The first kappa shape index (κ1) is 18.1. The number of fused-ring (bicyclic) bond motifs is 5. The van der Waals surface area contributed by atoms with E-state index >= 15 is 0 Å². The maximum Gasteiger partial charge on any atom is 0.0992 e. The second-order valence-corrected chi connectivity index (χ2v) is 10.1. The highest BCUT2D eigenvalue weighted by Gasteiger charge is 2.57. The maximum absolute atomic E-state index is 8.84. The van der Waals surface area contributed by atoms with Crippen molar-refractivity contribution in [3.8, 4) is 0 Å². The van der Waals surface area contributed by atoms with Crippen LogP contribution in [0.5, 0.6) is 0 Å². The van der Waals surface area contributed by atoms with Crippen LogP contribution in [0.2, 0.25) is 0 Å². The fourth-order valence-corrected chi connectivity index (χ4v) is 7.31. The average Bonchev–Trinajstić information content (AvgIpc) is 3.24. The lowest BCUT2D eigenvalue weighted by Gasteiger charge is -2.57. The van der Waals surface area contributed by atoms with E-state index in [4.69, 9.17) is 5.53 Å². The Morgan fingerprint density at radius 3 is 2.71 bits per heavy atom. The Bertz CT molecular complexity index is 904. The van der Waals surface area contributed by atoms with Crippen LogP contribution in [0, 0.1) is 35.5 Å². The molecule has 0 saturated heterocycles. The van der Waals surface area contributed by atoms with Gasteiger partial charge in [-0.15, -0.1) is 0 Å². The van der Waals surface area contributed by atoms with Crippen LogP contribution >= 0.6 is 0 Å². The molecule has 4 aliphatic rings. The Morgan fingerprint density at radius 2 is 1.96 bits per heavy atom. The SMILES string of the molecule is Cc1cn(C2=CCC3C4CC=C5C[C@H](N=[N+]=[N-])CC[C@]5(C)C4CC[C@]23C)cn1. The molecule has 5 heteroatoms. The first-order valence-electron chi connectivity index (χ1n) is 10.9. The average molecular weight is 378 g/mol.